The van der Waals surface area contributed by atoms with E-state index in [-0.39, 0.29) is 24.6 Å². The number of aromatic nitrogens is 2. The van der Waals surface area contributed by atoms with Crippen LogP contribution in [-0.4, -0.2) is 107 Å². The quantitative estimate of drug-likeness (QED) is 0.134. The van der Waals surface area contributed by atoms with Gasteiger partial charge in [-0.05, 0) is 54.6 Å². The fourth-order valence-corrected chi connectivity index (χ4v) is 10.5. The molecular formula is C45H52F2N8O8S. The molecule has 6 atom stereocenters. The summed E-state index contributed by atoms with van der Waals surface area (Å²) in [5, 5.41) is 11.9. The summed E-state index contributed by atoms with van der Waals surface area (Å²) in [5.41, 5.74) is 0.767. The predicted octanol–water partition coefficient (Wildman–Crippen LogP) is 3.85. The molecule has 19 heteroatoms. The van der Waals surface area contributed by atoms with Gasteiger partial charge in [0.15, 0.2) is 0 Å². The molecule has 1 unspecified atom stereocenters. The number of likely N-dealkylation sites (tertiary alicyclic amines) is 1. The van der Waals surface area contributed by atoms with Crippen LogP contribution in [0.25, 0.3) is 11.1 Å². The van der Waals surface area contributed by atoms with Crippen LogP contribution in [0.3, 0.4) is 0 Å². The van der Waals surface area contributed by atoms with Crippen LogP contribution in [0, 0.1) is 17.3 Å². The van der Waals surface area contributed by atoms with Crippen molar-refractivity contribution in [1.82, 2.24) is 35.5 Å². The second-order valence-electron chi connectivity index (χ2n) is 18.5. The summed E-state index contributed by atoms with van der Waals surface area (Å²) in [6.45, 7) is 4.94. The second-order valence-corrected chi connectivity index (χ2v) is 20.5. The van der Waals surface area contributed by atoms with Crippen LogP contribution < -0.4 is 20.7 Å². The highest BCUT2D eigenvalue weighted by atomic mass is 32.2. The van der Waals surface area contributed by atoms with Crippen LogP contribution >= 0.6 is 0 Å². The first-order chi connectivity index (χ1) is 30.5. The van der Waals surface area contributed by atoms with Crippen molar-refractivity contribution in [3.63, 3.8) is 0 Å². The first-order valence-corrected chi connectivity index (χ1v) is 23.3. The van der Waals surface area contributed by atoms with Gasteiger partial charge >= 0.3 is 0 Å². The number of nitrogens with one attached hydrogen (secondary N) is 4. The lowest BCUT2D eigenvalue weighted by Crippen LogP contribution is -2.62. The van der Waals surface area contributed by atoms with E-state index in [1.165, 1.54) is 23.5 Å². The van der Waals surface area contributed by atoms with Gasteiger partial charge in [-0.1, -0.05) is 93.7 Å². The molecule has 1 aromatic heterocycles. The van der Waals surface area contributed by atoms with Crippen molar-refractivity contribution in [1.29, 1.82) is 0 Å². The third-order valence-electron chi connectivity index (χ3n) is 13.0. The Bertz CT molecular complexity index is 2410. The fourth-order valence-electron chi connectivity index (χ4n) is 9.17. The minimum Gasteiger partial charge on any atom is -0.390 e. The molecule has 8 rings (SSSR count). The number of carbonyl (C=O) groups excluding carboxylic acids is 5. The molecule has 16 nitrogen and oxygen atoms in total. The lowest BCUT2D eigenvalue weighted by atomic mass is 9.82. The van der Waals surface area contributed by atoms with E-state index in [9.17, 15) is 36.4 Å². The summed E-state index contributed by atoms with van der Waals surface area (Å²) in [6.07, 6.45) is 3.87. The maximum Gasteiger partial charge on any atom is 0.272 e. The van der Waals surface area contributed by atoms with Crippen molar-refractivity contribution < 1.29 is 46.0 Å². The number of oxime groups is 1. The largest absolute Gasteiger partial charge is 0.390 e. The van der Waals surface area contributed by atoms with Crippen LogP contribution in [0.2, 0.25) is 0 Å². The van der Waals surface area contributed by atoms with Crippen LogP contribution in [0.5, 0.6) is 0 Å². The average molecular weight is 903 g/mol. The molecule has 0 radical (unpaired) electrons. The predicted molar refractivity (Wildman–Crippen MR) is 229 cm³/mol. The van der Waals surface area contributed by atoms with Gasteiger partial charge in [0.25, 0.3) is 11.8 Å². The normalized spacial score (nSPS) is 23.9. The molecule has 0 bridgehead atoms. The first-order valence-electron chi connectivity index (χ1n) is 21.8. The molecule has 340 valence electrons. The standard InChI is InChI=1S/C45H52F2N8O8S/c1-44(2,3)37(51-41(58)35(25-11-5-4-6-12-25)50-39(56)33-23-48-19-20-49-33)42(59)55-24-26(63-53-36-30-15-9-7-13-28(30)29-14-8-10-16-31(29)36)21-34(55)40(57)52-45(22-32(45)38(46)47)43(60)54-64(61,62)27-17-18-27/h7-10,13-16,19-20,23,25-27,32,34-35,37-38H,4-6,11-12,17-18,21-22,24H2,1-3H3,(H,50,56)(H,51,58)(H,52,57)(H,54,60)/t26-,32+,34?,35+,37-,45+/m1/s1. The van der Waals surface area contributed by atoms with Gasteiger partial charge in [0.2, 0.25) is 34.2 Å². The molecule has 5 aliphatic rings. The molecule has 64 heavy (non-hydrogen) atoms. The Morgan fingerprint density at radius 3 is 2.09 bits per heavy atom. The number of nitrogens with zero attached hydrogens (tertiary/aromatic N) is 4. The smallest absolute Gasteiger partial charge is 0.272 e. The zero-order chi connectivity index (χ0) is 45.6. The van der Waals surface area contributed by atoms with Crippen LogP contribution in [0.15, 0.2) is 72.3 Å². The zero-order valence-corrected chi connectivity index (χ0v) is 36.6. The number of alkyl halides is 2. The van der Waals surface area contributed by atoms with Gasteiger partial charge in [0, 0.05) is 29.9 Å². The highest BCUT2D eigenvalue weighted by Crippen LogP contribution is 2.48. The fraction of sp³-hybridized carbons (Fsp3) is 0.511. The average Bonchev–Trinajstić information content (AvgIpc) is 4.20. The number of fused-ring (bicyclic) bond motifs is 3. The molecule has 0 spiro atoms. The van der Waals surface area contributed by atoms with Crippen molar-refractivity contribution in [3.8, 4) is 11.1 Å². The first kappa shape index (κ1) is 44.7. The minimum absolute atomic E-state index is 0.00557. The number of hydrogen-bond acceptors (Lipinski definition) is 11. The van der Waals surface area contributed by atoms with E-state index in [4.69, 9.17) is 4.84 Å². The number of carbonyl (C=O) groups is 5. The van der Waals surface area contributed by atoms with E-state index in [1.54, 1.807) is 20.8 Å². The Morgan fingerprint density at radius 2 is 1.53 bits per heavy atom. The maximum absolute atomic E-state index is 15.0. The van der Waals surface area contributed by atoms with Gasteiger partial charge < -0.3 is 25.7 Å². The summed E-state index contributed by atoms with van der Waals surface area (Å²) < 4.78 is 56.1. The molecule has 2 heterocycles. The SMILES string of the molecule is CC(C)(C)[C@H](NC(=O)[C@@H](NC(=O)c1cnccn1)C1CCCCC1)C(=O)N1C[C@H](ON=C2c3ccccc3-c3ccccc32)CC1C(=O)N[C@@]1(C(=O)NS(=O)(=O)C2CC2)C[C@H]1C(F)F. The Balaban J connectivity index is 1.09. The van der Waals surface area contributed by atoms with Crippen molar-refractivity contribution >= 4 is 45.3 Å². The Labute approximate surface area is 369 Å². The van der Waals surface area contributed by atoms with Gasteiger partial charge in [-0.3, -0.25) is 33.7 Å². The van der Waals surface area contributed by atoms with Crippen molar-refractivity contribution in [3.05, 3.63) is 83.9 Å². The third kappa shape index (κ3) is 9.08. The summed E-state index contributed by atoms with van der Waals surface area (Å²) in [5.74, 6) is -6.16. The highest BCUT2D eigenvalue weighted by molar-refractivity contribution is 7.91. The number of halogens is 2. The molecule has 2 aromatic carbocycles. The lowest BCUT2D eigenvalue weighted by Gasteiger charge is -2.37. The van der Waals surface area contributed by atoms with E-state index >= 15 is 4.79 Å². The minimum atomic E-state index is -4.17. The van der Waals surface area contributed by atoms with Crippen molar-refractivity contribution in [2.45, 2.75) is 120 Å². The number of hydrogen-bond donors (Lipinski definition) is 4. The second kappa shape index (κ2) is 17.6. The molecule has 3 saturated carbocycles. The summed E-state index contributed by atoms with van der Waals surface area (Å²) in [7, 11) is -4.17. The number of rotatable bonds is 14. The van der Waals surface area contributed by atoms with Gasteiger partial charge in [-0.25, -0.2) is 22.2 Å². The lowest BCUT2D eigenvalue weighted by molar-refractivity contribution is -0.145. The molecule has 1 aliphatic heterocycles. The van der Waals surface area contributed by atoms with Crippen LogP contribution in [-0.2, 0) is 34.0 Å². The van der Waals surface area contributed by atoms with Gasteiger partial charge in [0.05, 0.1) is 23.9 Å². The van der Waals surface area contributed by atoms with Crippen molar-refractivity contribution in [2.75, 3.05) is 6.54 Å². The molecular weight excluding hydrogens is 851 g/mol. The molecule has 4 aliphatic carbocycles. The van der Waals surface area contributed by atoms with Gasteiger partial charge in [-0.15, -0.1) is 0 Å². The summed E-state index contributed by atoms with van der Waals surface area (Å²) in [4.78, 5) is 86.2. The Hall–Kier alpha value is -5.85. The molecule has 4 N–H and O–H groups in total. The van der Waals surface area contributed by atoms with E-state index in [2.05, 4.69) is 31.1 Å². The molecule has 1 saturated heterocycles. The van der Waals surface area contributed by atoms with Gasteiger partial charge in [0.1, 0.15) is 41.2 Å². The zero-order valence-electron chi connectivity index (χ0n) is 35.8. The molecule has 3 aromatic rings. The number of benzene rings is 2. The van der Waals surface area contributed by atoms with Crippen LogP contribution in [0.4, 0.5) is 8.78 Å². The molecule has 5 amide bonds. The van der Waals surface area contributed by atoms with Crippen LogP contribution in [0.1, 0.15) is 100 Å². The Kier molecular flexibility index (Phi) is 12.3. The van der Waals surface area contributed by atoms with E-state index < -0.39 is 98.8 Å². The third-order valence-corrected chi connectivity index (χ3v) is 14.8. The summed E-state index contributed by atoms with van der Waals surface area (Å²) >= 11 is 0. The van der Waals surface area contributed by atoms with E-state index in [0.29, 0.717) is 31.4 Å². The number of amides is 5. The van der Waals surface area contributed by atoms with Gasteiger partial charge in [-0.2, -0.15) is 0 Å². The summed E-state index contributed by atoms with van der Waals surface area (Å²) in [6, 6.07) is 11.5. The van der Waals surface area contributed by atoms with E-state index in [0.717, 1.165) is 41.5 Å². The maximum atomic E-state index is 15.0. The topological polar surface area (TPSA) is 218 Å². The highest BCUT2D eigenvalue weighted by Gasteiger charge is 2.67. The number of sulfonamides is 1. The monoisotopic (exact) mass is 902 g/mol. The van der Waals surface area contributed by atoms with E-state index in [1.807, 2.05) is 53.3 Å². The molecule has 4 fully saturated rings. The van der Waals surface area contributed by atoms with Crippen molar-refractivity contribution in [2.24, 2.45) is 22.4 Å². The Morgan fingerprint density at radius 1 is 0.891 bits per heavy atom.